The zero-order chi connectivity index (χ0) is 13.4. The predicted molar refractivity (Wildman–Crippen MR) is 71.6 cm³/mol. The summed E-state index contributed by atoms with van der Waals surface area (Å²) in [6.07, 6.45) is 4.56. The third-order valence-corrected chi connectivity index (χ3v) is 3.24. The molecule has 96 valence electrons. The molecule has 2 heterocycles. The normalized spacial score (nSPS) is 11.1. The number of aromatic nitrogens is 2. The van der Waals surface area contributed by atoms with Crippen LogP contribution < -0.4 is 0 Å². The van der Waals surface area contributed by atoms with Crippen molar-refractivity contribution in [2.24, 2.45) is 0 Å². The van der Waals surface area contributed by atoms with Crippen LogP contribution in [-0.2, 0) is 6.42 Å². The summed E-state index contributed by atoms with van der Waals surface area (Å²) in [4.78, 5) is 4.29. The number of aromatic hydroxyl groups is 1. The molecule has 3 aromatic rings. The topological polar surface area (TPSA) is 37.5 Å². The van der Waals surface area contributed by atoms with Gasteiger partial charge in [-0.25, -0.2) is 9.37 Å². The molecule has 0 atom stereocenters. The van der Waals surface area contributed by atoms with Gasteiger partial charge in [0.05, 0.1) is 0 Å². The molecule has 0 saturated carbocycles. The Morgan fingerprint density at radius 2 is 2.11 bits per heavy atom. The van der Waals surface area contributed by atoms with Crippen LogP contribution in [0.3, 0.4) is 0 Å². The van der Waals surface area contributed by atoms with E-state index in [4.69, 9.17) is 0 Å². The molecule has 0 spiro atoms. The quantitative estimate of drug-likeness (QED) is 0.763. The van der Waals surface area contributed by atoms with Gasteiger partial charge in [-0.15, -0.1) is 0 Å². The first-order valence-corrected chi connectivity index (χ1v) is 6.14. The van der Waals surface area contributed by atoms with Gasteiger partial charge in [0.1, 0.15) is 5.65 Å². The van der Waals surface area contributed by atoms with Crippen LogP contribution in [0.2, 0.25) is 0 Å². The van der Waals surface area contributed by atoms with E-state index in [9.17, 15) is 9.50 Å². The summed E-state index contributed by atoms with van der Waals surface area (Å²) in [5.41, 5.74) is 3.17. The molecule has 2 aromatic heterocycles. The van der Waals surface area contributed by atoms with Gasteiger partial charge in [-0.2, -0.15) is 0 Å². The fourth-order valence-electron chi connectivity index (χ4n) is 2.20. The van der Waals surface area contributed by atoms with Crippen molar-refractivity contribution in [3.8, 4) is 16.9 Å². The Bertz CT molecular complexity index is 749. The lowest BCUT2D eigenvalue weighted by Crippen LogP contribution is -1.92. The van der Waals surface area contributed by atoms with Crippen molar-refractivity contribution in [1.29, 1.82) is 0 Å². The lowest BCUT2D eigenvalue weighted by atomic mass is 10.1. The van der Waals surface area contributed by atoms with Crippen molar-refractivity contribution in [1.82, 2.24) is 9.38 Å². The summed E-state index contributed by atoms with van der Waals surface area (Å²) in [7, 11) is 0. The maximum atomic E-state index is 13.4. The number of hydrogen-bond donors (Lipinski definition) is 1. The average Bonchev–Trinajstić information content (AvgIpc) is 2.84. The number of benzene rings is 1. The van der Waals surface area contributed by atoms with E-state index in [2.05, 4.69) is 11.9 Å². The monoisotopic (exact) mass is 256 g/mol. The molecule has 1 aromatic carbocycles. The van der Waals surface area contributed by atoms with E-state index in [0.717, 1.165) is 23.3 Å². The van der Waals surface area contributed by atoms with Crippen LogP contribution in [0.4, 0.5) is 4.39 Å². The van der Waals surface area contributed by atoms with Crippen LogP contribution in [0.5, 0.6) is 5.75 Å². The van der Waals surface area contributed by atoms with Crippen LogP contribution in [0.15, 0.2) is 42.7 Å². The van der Waals surface area contributed by atoms with Gasteiger partial charge in [0, 0.05) is 29.2 Å². The molecule has 0 amide bonds. The van der Waals surface area contributed by atoms with Crippen molar-refractivity contribution in [2.45, 2.75) is 13.3 Å². The lowest BCUT2D eigenvalue weighted by Gasteiger charge is -2.07. The smallest absolute Gasteiger partial charge is 0.165 e. The summed E-state index contributed by atoms with van der Waals surface area (Å²) in [6, 6.07) is 8.21. The van der Waals surface area contributed by atoms with E-state index >= 15 is 0 Å². The largest absolute Gasteiger partial charge is 0.504 e. The van der Waals surface area contributed by atoms with Crippen molar-refractivity contribution in [3.05, 3.63) is 54.2 Å². The Kier molecular flexibility index (Phi) is 2.71. The minimum Gasteiger partial charge on any atom is -0.504 e. The maximum absolute atomic E-state index is 13.4. The molecule has 19 heavy (non-hydrogen) atoms. The van der Waals surface area contributed by atoms with Gasteiger partial charge >= 0.3 is 0 Å². The highest BCUT2D eigenvalue weighted by Gasteiger charge is 2.10. The highest BCUT2D eigenvalue weighted by molar-refractivity contribution is 5.71. The number of aryl methyl sites for hydroxylation is 1. The van der Waals surface area contributed by atoms with E-state index < -0.39 is 5.82 Å². The minimum absolute atomic E-state index is 0.319. The first kappa shape index (κ1) is 11.7. The number of para-hydroxylation sites is 1. The van der Waals surface area contributed by atoms with E-state index in [1.807, 2.05) is 28.9 Å². The Balaban J connectivity index is 2.22. The highest BCUT2D eigenvalue weighted by Crippen LogP contribution is 2.31. The molecule has 0 unspecified atom stereocenters. The number of nitrogens with zero attached hydrogens (tertiary/aromatic N) is 2. The number of imidazole rings is 1. The van der Waals surface area contributed by atoms with Gasteiger partial charge in [-0.1, -0.05) is 19.1 Å². The molecular formula is C15H13FN2O. The molecule has 0 aliphatic rings. The Morgan fingerprint density at radius 1 is 1.26 bits per heavy atom. The lowest BCUT2D eigenvalue weighted by molar-refractivity contribution is 0.434. The van der Waals surface area contributed by atoms with Crippen molar-refractivity contribution < 1.29 is 9.50 Å². The first-order valence-electron chi connectivity index (χ1n) is 6.14. The van der Waals surface area contributed by atoms with E-state index in [0.29, 0.717) is 5.56 Å². The minimum atomic E-state index is -0.612. The fraction of sp³-hybridized carbons (Fsp3) is 0.133. The molecule has 0 radical (unpaired) electrons. The second-order valence-electron chi connectivity index (χ2n) is 4.39. The van der Waals surface area contributed by atoms with Crippen molar-refractivity contribution in [3.63, 3.8) is 0 Å². The average molecular weight is 256 g/mol. The molecule has 0 saturated heterocycles. The van der Waals surface area contributed by atoms with Gasteiger partial charge in [0.15, 0.2) is 11.6 Å². The predicted octanol–water partition coefficient (Wildman–Crippen LogP) is 3.41. The molecule has 1 N–H and O–H groups in total. The fourth-order valence-corrected chi connectivity index (χ4v) is 2.20. The Morgan fingerprint density at radius 3 is 2.89 bits per heavy atom. The Hall–Kier alpha value is -2.36. The molecule has 3 nitrogen and oxygen atoms in total. The molecule has 0 bridgehead atoms. The zero-order valence-corrected chi connectivity index (χ0v) is 10.5. The second kappa shape index (κ2) is 4.39. The molecule has 0 aliphatic heterocycles. The SMILES string of the molecule is CCc1cnc2ccc(-c3cccc(F)c3O)cn12. The van der Waals surface area contributed by atoms with Crippen LogP contribution in [0.25, 0.3) is 16.8 Å². The summed E-state index contributed by atoms with van der Waals surface area (Å²) in [5.74, 6) is -0.932. The van der Waals surface area contributed by atoms with Gasteiger partial charge in [-0.3, -0.25) is 0 Å². The number of phenols is 1. The number of phenolic OH excluding ortho intramolecular Hbond substituents is 1. The van der Waals surface area contributed by atoms with Crippen LogP contribution in [0, 0.1) is 5.82 Å². The summed E-state index contributed by atoms with van der Waals surface area (Å²) >= 11 is 0. The first-order chi connectivity index (χ1) is 9.20. The highest BCUT2D eigenvalue weighted by atomic mass is 19.1. The van der Waals surface area contributed by atoms with E-state index in [1.54, 1.807) is 12.1 Å². The summed E-state index contributed by atoms with van der Waals surface area (Å²) in [6.45, 7) is 2.05. The zero-order valence-electron chi connectivity index (χ0n) is 10.5. The molecular weight excluding hydrogens is 243 g/mol. The number of halogens is 1. The second-order valence-corrected chi connectivity index (χ2v) is 4.39. The summed E-state index contributed by atoms with van der Waals surface area (Å²) < 4.78 is 15.4. The van der Waals surface area contributed by atoms with Gasteiger partial charge in [-0.05, 0) is 24.6 Å². The third-order valence-electron chi connectivity index (χ3n) is 3.24. The number of pyridine rings is 1. The van der Waals surface area contributed by atoms with Gasteiger partial charge < -0.3 is 9.51 Å². The Labute approximate surface area is 110 Å². The number of hydrogen-bond acceptors (Lipinski definition) is 2. The maximum Gasteiger partial charge on any atom is 0.165 e. The number of fused-ring (bicyclic) bond motifs is 1. The molecule has 0 fully saturated rings. The van der Waals surface area contributed by atoms with Gasteiger partial charge in [0.2, 0.25) is 0 Å². The molecule has 4 heteroatoms. The van der Waals surface area contributed by atoms with Crippen LogP contribution in [0.1, 0.15) is 12.6 Å². The van der Waals surface area contributed by atoms with Crippen molar-refractivity contribution >= 4 is 5.65 Å². The third kappa shape index (κ3) is 1.85. The van der Waals surface area contributed by atoms with Crippen LogP contribution in [-0.4, -0.2) is 14.5 Å². The molecule has 0 aliphatic carbocycles. The van der Waals surface area contributed by atoms with E-state index in [1.165, 1.54) is 6.07 Å². The molecule has 3 rings (SSSR count). The van der Waals surface area contributed by atoms with E-state index in [-0.39, 0.29) is 5.75 Å². The van der Waals surface area contributed by atoms with Crippen molar-refractivity contribution in [2.75, 3.05) is 0 Å². The van der Waals surface area contributed by atoms with Crippen LogP contribution >= 0.6 is 0 Å². The standard InChI is InChI=1S/C15H13FN2O/c1-2-11-8-17-14-7-6-10(9-18(11)14)12-4-3-5-13(16)15(12)19/h3-9,19H,2H2,1H3. The number of rotatable bonds is 2. The van der Waals surface area contributed by atoms with Gasteiger partial charge in [0.25, 0.3) is 0 Å². The summed E-state index contributed by atoms with van der Waals surface area (Å²) in [5, 5.41) is 9.80.